The zero-order chi connectivity index (χ0) is 17.2. The van der Waals surface area contributed by atoms with Crippen LogP contribution in [0, 0.1) is 0 Å². The molecule has 0 radical (unpaired) electrons. The molecule has 0 bridgehead atoms. The number of aromatic nitrogens is 2. The normalized spacial score (nSPS) is 13.0. The van der Waals surface area contributed by atoms with Crippen LogP contribution in [0.25, 0.3) is 5.69 Å². The molecule has 2 heterocycles. The van der Waals surface area contributed by atoms with E-state index in [1.165, 1.54) is 0 Å². The second-order valence-corrected chi connectivity index (χ2v) is 6.68. The first-order chi connectivity index (χ1) is 12.2. The molecule has 0 fully saturated rings. The van der Waals surface area contributed by atoms with Crippen molar-refractivity contribution >= 4 is 27.5 Å². The molecular formula is C19H16BrN3O2. The average Bonchev–Trinajstić information content (AvgIpc) is 3.17. The highest BCUT2D eigenvalue weighted by atomic mass is 79.9. The molecule has 0 atom stereocenters. The number of halogens is 1. The van der Waals surface area contributed by atoms with Crippen molar-refractivity contribution in [1.29, 1.82) is 0 Å². The monoisotopic (exact) mass is 397 g/mol. The van der Waals surface area contributed by atoms with E-state index >= 15 is 0 Å². The van der Waals surface area contributed by atoms with E-state index in [-0.39, 0.29) is 5.91 Å². The van der Waals surface area contributed by atoms with Gasteiger partial charge in [-0.05, 0) is 49.2 Å². The summed E-state index contributed by atoms with van der Waals surface area (Å²) in [5.74, 6) is 0.522. The lowest BCUT2D eigenvalue weighted by Crippen LogP contribution is -2.18. The highest BCUT2D eigenvalue weighted by Gasteiger charge is 2.21. The molecule has 0 saturated heterocycles. The summed E-state index contributed by atoms with van der Waals surface area (Å²) in [6, 6.07) is 11.3. The van der Waals surface area contributed by atoms with Gasteiger partial charge in [0.05, 0.1) is 18.5 Å². The molecule has 5 nitrogen and oxygen atoms in total. The molecule has 0 unspecified atom stereocenters. The molecule has 0 saturated carbocycles. The van der Waals surface area contributed by atoms with Crippen molar-refractivity contribution in [2.24, 2.45) is 0 Å². The zero-order valence-corrected chi connectivity index (χ0v) is 15.0. The van der Waals surface area contributed by atoms with Crippen molar-refractivity contribution in [3.8, 4) is 11.4 Å². The maximum absolute atomic E-state index is 12.7. The number of carbonyl (C=O) groups is 1. The largest absolute Gasteiger partial charge is 0.492 e. The minimum Gasteiger partial charge on any atom is -0.492 e. The summed E-state index contributed by atoms with van der Waals surface area (Å²) >= 11 is 3.54. The number of imidazole rings is 1. The van der Waals surface area contributed by atoms with Crippen LogP contribution in [0.15, 0.2) is 59.6 Å². The Labute approximate surface area is 153 Å². The van der Waals surface area contributed by atoms with Gasteiger partial charge in [0.15, 0.2) is 0 Å². The number of ether oxygens (including phenoxy) is 1. The van der Waals surface area contributed by atoms with E-state index in [4.69, 9.17) is 4.74 Å². The van der Waals surface area contributed by atoms with Crippen LogP contribution in [0.1, 0.15) is 22.3 Å². The van der Waals surface area contributed by atoms with Crippen LogP contribution in [0.3, 0.4) is 0 Å². The van der Waals surface area contributed by atoms with Crippen molar-refractivity contribution in [2.45, 2.75) is 12.8 Å². The maximum Gasteiger partial charge on any atom is 0.259 e. The van der Waals surface area contributed by atoms with Gasteiger partial charge in [0, 0.05) is 33.8 Å². The van der Waals surface area contributed by atoms with Crippen molar-refractivity contribution in [2.75, 3.05) is 11.9 Å². The van der Waals surface area contributed by atoms with Crippen LogP contribution in [-0.4, -0.2) is 22.1 Å². The Morgan fingerprint density at radius 2 is 2.04 bits per heavy atom. The van der Waals surface area contributed by atoms with Gasteiger partial charge in [-0.1, -0.05) is 15.9 Å². The van der Waals surface area contributed by atoms with Gasteiger partial charge in [0.1, 0.15) is 5.75 Å². The smallest absolute Gasteiger partial charge is 0.259 e. The van der Waals surface area contributed by atoms with Gasteiger partial charge in [-0.2, -0.15) is 0 Å². The van der Waals surface area contributed by atoms with Crippen LogP contribution in [0.2, 0.25) is 0 Å². The fourth-order valence-electron chi connectivity index (χ4n) is 2.93. The van der Waals surface area contributed by atoms with Crippen LogP contribution in [-0.2, 0) is 6.42 Å². The third kappa shape index (κ3) is 3.17. The van der Waals surface area contributed by atoms with Gasteiger partial charge in [0.2, 0.25) is 0 Å². The summed E-state index contributed by atoms with van der Waals surface area (Å²) in [5.41, 5.74) is 3.35. The van der Waals surface area contributed by atoms with Crippen molar-refractivity contribution in [3.05, 3.63) is 70.7 Å². The Kier molecular flexibility index (Phi) is 4.28. The van der Waals surface area contributed by atoms with Gasteiger partial charge < -0.3 is 14.6 Å². The van der Waals surface area contributed by atoms with Crippen LogP contribution in [0.4, 0.5) is 5.69 Å². The first-order valence-electron chi connectivity index (χ1n) is 8.06. The molecule has 1 N–H and O–H groups in total. The van der Waals surface area contributed by atoms with Gasteiger partial charge in [-0.15, -0.1) is 0 Å². The summed E-state index contributed by atoms with van der Waals surface area (Å²) in [6.07, 6.45) is 7.22. The van der Waals surface area contributed by atoms with Gasteiger partial charge in [0.25, 0.3) is 5.91 Å². The first-order valence-corrected chi connectivity index (χ1v) is 8.85. The van der Waals surface area contributed by atoms with Crippen LogP contribution < -0.4 is 10.1 Å². The Balaban J connectivity index is 1.56. The van der Waals surface area contributed by atoms with E-state index in [1.54, 1.807) is 18.6 Å². The number of hydrogen-bond donors (Lipinski definition) is 1. The SMILES string of the molecule is O=C(Nc1ccc(-n2ccnc2)cc1)c1ccc(Br)c2c1OCCC2. The highest BCUT2D eigenvalue weighted by molar-refractivity contribution is 9.10. The Hall–Kier alpha value is -2.60. The number of nitrogens with one attached hydrogen (secondary N) is 1. The van der Waals surface area contributed by atoms with E-state index in [0.717, 1.165) is 34.3 Å². The molecule has 3 aromatic rings. The molecule has 2 aromatic carbocycles. The lowest BCUT2D eigenvalue weighted by molar-refractivity contribution is 0.102. The quantitative estimate of drug-likeness (QED) is 0.719. The lowest BCUT2D eigenvalue weighted by Gasteiger charge is -2.21. The van der Waals surface area contributed by atoms with Crippen molar-refractivity contribution in [3.63, 3.8) is 0 Å². The number of benzene rings is 2. The second-order valence-electron chi connectivity index (χ2n) is 5.83. The summed E-state index contributed by atoms with van der Waals surface area (Å²) < 4.78 is 8.66. The van der Waals surface area contributed by atoms with Crippen molar-refractivity contribution in [1.82, 2.24) is 9.55 Å². The second kappa shape index (κ2) is 6.72. The topological polar surface area (TPSA) is 56.2 Å². The number of fused-ring (bicyclic) bond motifs is 1. The molecular weight excluding hydrogens is 382 g/mol. The molecule has 1 amide bonds. The number of rotatable bonds is 3. The lowest BCUT2D eigenvalue weighted by atomic mass is 10.0. The molecule has 1 aromatic heterocycles. The molecule has 4 rings (SSSR count). The van der Waals surface area contributed by atoms with Crippen molar-refractivity contribution < 1.29 is 9.53 Å². The van der Waals surface area contributed by atoms with Gasteiger partial charge >= 0.3 is 0 Å². The first kappa shape index (κ1) is 15.9. The molecule has 1 aliphatic heterocycles. The standard InChI is InChI=1S/C19H16BrN3O2/c20-17-8-7-16(18-15(17)2-1-11-25-18)19(24)22-13-3-5-14(6-4-13)23-10-9-21-12-23/h3-10,12H,1-2,11H2,(H,22,24). The number of anilines is 1. The Morgan fingerprint density at radius 1 is 1.20 bits per heavy atom. The molecule has 0 aliphatic carbocycles. The molecule has 25 heavy (non-hydrogen) atoms. The minimum atomic E-state index is -0.166. The maximum atomic E-state index is 12.7. The predicted molar refractivity (Wildman–Crippen MR) is 99.5 cm³/mol. The number of amides is 1. The third-order valence-electron chi connectivity index (χ3n) is 4.19. The van der Waals surface area contributed by atoms with E-state index in [0.29, 0.717) is 17.9 Å². The Bertz CT molecular complexity index is 905. The number of hydrogen-bond acceptors (Lipinski definition) is 3. The van der Waals surface area contributed by atoms with E-state index in [2.05, 4.69) is 26.2 Å². The van der Waals surface area contributed by atoms with E-state index in [9.17, 15) is 4.79 Å². The van der Waals surface area contributed by atoms with Gasteiger partial charge in [-0.3, -0.25) is 4.79 Å². The third-order valence-corrected chi connectivity index (χ3v) is 4.94. The van der Waals surface area contributed by atoms with Gasteiger partial charge in [-0.25, -0.2) is 4.98 Å². The zero-order valence-electron chi connectivity index (χ0n) is 13.4. The summed E-state index contributed by atoms with van der Waals surface area (Å²) in [4.78, 5) is 16.7. The van der Waals surface area contributed by atoms with E-state index in [1.807, 2.05) is 41.1 Å². The van der Waals surface area contributed by atoms with Crippen LogP contribution in [0.5, 0.6) is 5.75 Å². The fraction of sp³-hybridized carbons (Fsp3) is 0.158. The number of carbonyl (C=O) groups excluding carboxylic acids is 1. The predicted octanol–water partition coefficient (Wildman–Crippen LogP) is 4.21. The molecule has 6 heteroatoms. The Morgan fingerprint density at radius 3 is 2.80 bits per heavy atom. The fourth-order valence-corrected chi connectivity index (χ4v) is 3.44. The molecule has 0 spiro atoms. The van der Waals surface area contributed by atoms with E-state index < -0.39 is 0 Å². The average molecular weight is 398 g/mol. The summed E-state index contributed by atoms with van der Waals surface area (Å²) in [6.45, 7) is 0.642. The summed E-state index contributed by atoms with van der Waals surface area (Å²) in [5, 5.41) is 2.94. The van der Waals surface area contributed by atoms with Crippen LogP contribution >= 0.6 is 15.9 Å². The molecule has 126 valence electrons. The minimum absolute atomic E-state index is 0.166. The summed E-state index contributed by atoms with van der Waals surface area (Å²) in [7, 11) is 0. The highest BCUT2D eigenvalue weighted by Crippen LogP contribution is 2.35. The number of nitrogens with zero attached hydrogens (tertiary/aromatic N) is 2. The molecule has 1 aliphatic rings.